The quantitative estimate of drug-likeness (QED) is 0.510. The number of carbonyl (C=O) groups is 2. The van der Waals surface area contributed by atoms with Gasteiger partial charge in [-0.05, 0) is 58.4 Å². The van der Waals surface area contributed by atoms with Crippen LogP contribution in [0.25, 0.3) is 0 Å². The summed E-state index contributed by atoms with van der Waals surface area (Å²) in [5.41, 5.74) is 0.368. The number of halogens is 1. The predicted molar refractivity (Wildman–Crippen MR) is 139 cm³/mol. The van der Waals surface area contributed by atoms with Gasteiger partial charge < -0.3 is 15.0 Å². The molecule has 1 unspecified atom stereocenters. The van der Waals surface area contributed by atoms with Gasteiger partial charge in [0.05, 0.1) is 18.6 Å². The average Bonchev–Trinajstić information content (AvgIpc) is 2.75. The molecule has 35 heavy (non-hydrogen) atoms. The Balaban J connectivity index is 2.47. The topological polar surface area (TPSA) is 96.0 Å². The van der Waals surface area contributed by atoms with Gasteiger partial charge in [-0.25, -0.2) is 8.42 Å². The van der Waals surface area contributed by atoms with Crippen molar-refractivity contribution in [1.29, 1.82) is 0 Å². The number of amides is 2. The van der Waals surface area contributed by atoms with E-state index in [9.17, 15) is 18.0 Å². The van der Waals surface area contributed by atoms with Crippen LogP contribution in [0.5, 0.6) is 5.75 Å². The second-order valence-electron chi connectivity index (χ2n) is 9.20. The highest BCUT2D eigenvalue weighted by Crippen LogP contribution is 2.30. The lowest BCUT2D eigenvalue weighted by Crippen LogP contribution is -2.54. The van der Waals surface area contributed by atoms with E-state index in [1.807, 2.05) is 20.8 Å². The van der Waals surface area contributed by atoms with Crippen LogP contribution in [0.2, 0.25) is 5.02 Å². The van der Waals surface area contributed by atoms with E-state index in [2.05, 4.69) is 5.32 Å². The lowest BCUT2D eigenvalue weighted by molar-refractivity contribution is -0.140. The highest BCUT2D eigenvalue weighted by molar-refractivity contribution is 7.92. The molecule has 0 spiro atoms. The number of benzene rings is 2. The largest absolute Gasteiger partial charge is 0.492 e. The molecule has 0 aromatic heterocycles. The Morgan fingerprint density at radius 1 is 1.09 bits per heavy atom. The first-order valence-electron chi connectivity index (χ1n) is 11.3. The van der Waals surface area contributed by atoms with Crippen molar-refractivity contribution in [1.82, 2.24) is 10.2 Å². The maximum absolute atomic E-state index is 13.6. The van der Waals surface area contributed by atoms with Crippen molar-refractivity contribution < 1.29 is 22.7 Å². The Labute approximate surface area is 213 Å². The Morgan fingerprint density at radius 3 is 2.26 bits per heavy atom. The summed E-state index contributed by atoms with van der Waals surface area (Å²) in [6.07, 6.45) is 1.02. The van der Waals surface area contributed by atoms with Crippen molar-refractivity contribution in [3.05, 3.63) is 59.1 Å². The van der Waals surface area contributed by atoms with Crippen LogP contribution in [-0.2, 0) is 26.2 Å². The van der Waals surface area contributed by atoms with E-state index in [-0.39, 0.29) is 18.1 Å². The van der Waals surface area contributed by atoms with Crippen LogP contribution in [-0.4, -0.2) is 56.1 Å². The molecule has 8 nitrogen and oxygen atoms in total. The average molecular weight is 524 g/mol. The van der Waals surface area contributed by atoms with Crippen molar-refractivity contribution in [2.45, 2.75) is 52.7 Å². The molecule has 0 aliphatic carbocycles. The van der Waals surface area contributed by atoms with E-state index in [0.29, 0.717) is 22.9 Å². The van der Waals surface area contributed by atoms with Gasteiger partial charge in [0.25, 0.3) is 0 Å². The minimum Gasteiger partial charge on any atom is -0.492 e. The Morgan fingerprint density at radius 2 is 1.69 bits per heavy atom. The van der Waals surface area contributed by atoms with Gasteiger partial charge in [0, 0.05) is 17.1 Å². The first-order valence-corrected chi connectivity index (χ1v) is 13.5. The number of para-hydroxylation sites is 2. The summed E-state index contributed by atoms with van der Waals surface area (Å²) in [6.45, 7) is 8.76. The molecule has 0 fully saturated rings. The lowest BCUT2D eigenvalue weighted by atomic mass is 10.1. The van der Waals surface area contributed by atoms with E-state index >= 15 is 0 Å². The third-order valence-electron chi connectivity index (χ3n) is 5.08. The molecule has 0 radical (unpaired) electrons. The normalized spacial score (nSPS) is 12.5. The fourth-order valence-electron chi connectivity index (χ4n) is 3.40. The summed E-state index contributed by atoms with van der Waals surface area (Å²) >= 11 is 6.33. The van der Waals surface area contributed by atoms with Gasteiger partial charge in [0.1, 0.15) is 18.3 Å². The van der Waals surface area contributed by atoms with Crippen LogP contribution in [0, 0.1) is 0 Å². The van der Waals surface area contributed by atoms with Crippen LogP contribution >= 0.6 is 11.6 Å². The summed E-state index contributed by atoms with van der Waals surface area (Å²) in [5, 5.41) is 3.32. The molecule has 0 saturated carbocycles. The number of anilines is 1. The minimum atomic E-state index is -3.86. The molecule has 1 N–H and O–H groups in total. The Bertz CT molecular complexity index is 1150. The summed E-state index contributed by atoms with van der Waals surface area (Å²) in [6, 6.07) is 12.7. The number of hydrogen-bond donors (Lipinski definition) is 1. The predicted octanol–water partition coefficient (Wildman–Crippen LogP) is 3.84. The molecule has 10 heteroatoms. The van der Waals surface area contributed by atoms with E-state index < -0.39 is 34.1 Å². The third-order valence-corrected chi connectivity index (χ3v) is 6.57. The zero-order valence-electron chi connectivity index (χ0n) is 21.0. The molecule has 0 heterocycles. The number of nitrogens with one attached hydrogen (secondary N) is 1. The van der Waals surface area contributed by atoms with Crippen LogP contribution < -0.4 is 14.4 Å². The molecular formula is C25H34ClN3O5S. The lowest BCUT2D eigenvalue weighted by Gasteiger charge is -2.33. The number of ether oxygens (including phenoxy) is 1. The first kappa shape index (κ1) is 28.5. The Hall–Kier alpha value is -2.78. The highest BCUT2D eigenvalue weighted by atomic mass is 35.5. The molecule has 192 valence electrons. The zero-order valence-corrected chi connectivity index (χ0v) is 22.6. The second-order valence-corrected chi connectivity index (χ2v) is 11.5. The van der Waals surface area contributed by atoms with Crippen molar-refractivity contribution in [3.8, 4) is 5.75 Å². The van der Waals surface area contributed by atoms with E-state index in [4.69, 9.17) is 16.3 Å². The molecule has 2 amide bonds. The number of rotatable bonds is 10. The van der Waals surface area contributed by atoms with Crippen molar-refractivity contribution in [2.75, 3.05) is 23.7 Å². The standard InChI is InChI=1S/C25H34ClN3O5S/c1-7-34-22-15-11-10-14-21(22)29(35(6,32)33)17-23(30)28(16-19-12-8-9-13-20(19)26)18(2)24(31)27-25(3,4)5/h8-15,18H,7,16-17H2,1-6H3,(H,27,31). The summed E-state index contributed by atoms with van der Waals surface area (Å²) in [7, 11) is -3.86. The van der Waals surface area contributed by atoms with Gasteiger partial charge in [-0.2, -0.15) is 0 Å². The molecule has 0 aliphatic heterocycles. The van der Waals surface area contributed by atoms with Gasteiger partial charge in [-0.1, -0.05) is 41.9 Å². The smallest absolute Gasteiger partial charge is 0.244 e. The van der Waals surface area contributed by atoms with Gasteiger partial charge in [0.2, 0.25) is 21.8 Å². The van der Waals surface area contributed by atoms with E-state index in [1.54, 1.807) is 62.4 Å². The summed E-state index contributed by atoms with van der Waals surface area (Å²) < 4.78 is 32.1. The first-order chi connectivity index (χ1) is 16.2. The van der Waals surface area contributed by atoms with Crippen LogP contribution in [0.4, 0.5) is 5.69 Å². The number of nitrogens with zero attached hydrogens (tertiary/aromatic N) is 2. The second kappa shape index (κ2) is 11.8. The summed E-state index contributed by atoms with van der Waals surface area (Å²) in [4.78, 5) is 27.9. The van der Waals surface area contributed by atoms with Gasteiger partial charge in [-0.15, -0.1) is 0 Å². The van der Waals surface area contributed by atoms with Crippen molar-refractivity contribution in [3.63, 3.8) is 0 Å². The highest BCUT2D eigenvalue weighted by Gasteiger charge is 2.32. The van der Waals surface area contributed by atoms with E-state index in [0.717, 1.165) is 10.6 Å². The number of sulfonamides is 1. The van der Waals surface area contributed by atoms with Crippen LogP contribution in [0.3, 0.4) is 0 Å². The third kappa shape index (κ3) is 8.14. The molecule has 1 atom stereocenters. The SMILES string of the molecule is CCOc1ccccc1N(CC(=O)N(Cc1ccccc1Cl)C(C)C(=O)NC(C)(C)C)S(C)(=O)=O. The van der Waals surface area contributed by atoms with E-state index in [1.165, 1.54) is 4.90 Å². The van der Waals surface area contributed by atoms with Gasteiger partial charge in [0.15, 0.2) is 0 Å². The maximum Gasteiger partial charge on any atom is 0.244 e. The van der Waals surface area contributed by atoms with Crippen LogP contribution in [0.1, 0.15) is 40.2 Å². The molecule has 2 aromatic rings. The molecule has 0 saturated heterocycles. The van der Waals surface area contributed by atoms with Crippen molar-refractivity contribution in [2.24, 2.45) is 0 Å². The number of hydrogen-bond acceptors (Lipinski definition) is 5. The number of carbonyl (C=O) groups excluding carboxylic acids is 2. The molecule has 0 bridgehead atoms. The fourth-order valence-corrected chi connectivity index (χ4v) is 4.45. The minimum absolute atomic E-state index is 0.0297. The monoisotopic (exact) mass is 523 g/mol. The van der Waals surface area contributed by atoms with Gasteiger partial charge in [-0.3, -0.25) is 13.9 Å². The van der Waals surface area contributed by atoms with Crippen molar-refractivity contribution >= 4 is 39.1 Å². The fraction of sp³-hybridized carbons (Fsp3) is 0.440. The zero-order chi connectivity index (χ0) is 26.4. The Kier molecular flexibility index (Phi) is 9.57. The molecule has 2 aromatic carbocycles. The van der Waals surface area contributed by atoms with Gasteiger partial charge >= 0.3 is 0 Å². The molecule has 0 aliphatic rings. The van der Waals surface area contributed by atoms with Crippen LogP contribution in [0.15, 0.2) is 48.5 Å². The summed E-state index contributed by atoms with van der Waals surface area (Å²) in [5.74, 6) is -0.582. The maximum atomic E-state index is 13.6. The molecule has 2 rings (SSSR count). The molecular weight excluding hydrogens is 490 g/mol.